The molecule has 0 saturated carbocycles. The van der Waals surface area contributed by atoms with Gasteiger partial charge in [-0.1, -0.05) is 84.4 Å². The molecule has 0 aromatic heterocycles. The van der Waals surface area contributed by atoms with E-state index in [0.717, 1.165) is 16.7 Å². The maximum Gasteiger partial charge on any atom is 0.252 e. The minimum atomic E-state index is -0.0717. The summed E-state index contributed by atoms with van der Waals surface area (Å²) >= 11 is 0. The summed E-state index contributed by atoms with van der Waals surface area (Å²) in [4.78, 5) is 13.1. The first-order chi connectivity index (χ1) is 13.0. The van der Waals surface area contributed by atoms with E-state index < -0.39 is 0 Å². The van der Waals surface area contributed by atoms with Crippen molar-refractivity contribution in [1.29, 1.82) is 0 Å². The number of carbonyl (C=O) groups is 1. The van der Waals surface area contributed by atoms with Crippen LogP contribution in [0.4, 0.5) is 0 Å². The van der Waals surface area contributed by atoms with Crippen molar-refractivity contribution in [2.24, 2.45) is 0 Å². The zero-order chi connectivity index (χ0) is 19.2. The normalized spacial score (nSPS) is 12.5. The minimum Gasteiger partial charge on any atom is -0.345 e. The average Bonchev–Trinajstić information content (AvgIpc) is 2.67. The lowest BCUT2D eigenvalue weighted by Gasteiger charge is -2.18. The molecule has 1 atom stereocenters. The molecule has 0 fully saturated rings. The van der Waals surface area contributed by atoms with Gasteiger partial charge in [0.25, 0.3) is 5.91 Å². The van der Waals surface area contributed by atoms with Crippen LogP contribution in [0.3, 0.4) is 0 Å². The third kappa shape index (κ3) is 4.73. The van der Waals surface area contributed by atoms with Gasteiger partial charge in [-0.15, -0.1) is 0 Å². The SMILES string of the molecule is Cc1ccc([C@@H](C)NC(=O)/C(=C/c2ccccc2)c2ccccc2)c(C)c1. The van der Waals surface area contributed by atoms with Crippen LogP contribution >= 0.6 is 0 Å². The Balaban J connectivity index is 1.90. The highest BCUT2D eigenvalue weighted by atomic mass is 16.1. The standard InChI is InChI=1S/C25H25NO/c1-18-14-15-23(19(2)16-18)20(3)26-25(27)24(22-12-8-5-9-13-22)17-21-10-6-4-7-11-21/h4-17,20H,1-3H3,(H,26,27)/b24-17+/t20-/m1/s1. The summed E-state index contributed by atoms with van der Waals surface area (Å²) in [6, 6.07) is 26.0. The molecular weight excluding hydrogens is 330 g/mol. The zero-order valence-electron chi connectivity index (χ0n) is 16.1. The van der Waals surface area contributed by atoms with Gasteiger partial charge in [0.05, 0.1) is 6.04 Å². The second-order valence-electron chi connectivity index (χ2n) is 6.89. The molecule has 1 amide bonds. The quantitative estimate of drug-likeness (QED) is 0.460. The van der Waals surface area contributed by atoms with Gasteiger partial charge in [0.2, 0.25) is 0 Å². The third-order valence-electron chi connectivity index (χ3n) is 4.68. The molecule has 3 rings (SSSR count). The summed E-state index contributed by atoms with van der Waals surface area (Å²) in [6.45, 7) is 6.19. The summed E-state index contributed by atoms with van der Waals surface area (Å²) in [6.07, 6.45) is 1.94. The van der Waals surface area contributed by atoms with Crippen LogP contribution in [0.25, 0.3) is 11.6 Å². The zero-order valence-corrected chi connectivity index (χ0v) is 16.1. The maximum absolute atomic E-state index is 13.1. The van der Waals surface area contributed by atoms with E-state index in [1.807, 2.05) is 73.7 Å². The Hall–Kier alpha value is -3.13. The van der Waals surface area contributed by atoms with Crippen LogP contribution in [0, 0.1) is 13.8 Å². The van der Waals surface area contributed by atoms with Crippen molar-refractivity contribution in [3.63, 3.8) is 0 Å². The molecule has 2 nitrogen and oxygen atoms in total. The topological polar surface area (TPSA) is 29.1 Å². The molecule has 3 aromatic rings. The Bertz CT molecular complexity index is 943. The van der Waals surface area contributed by atoms with Gasteiger partial charge in [0.15, 0.2) is 0 Å². The second-order valence-corrected chi connectivity index (χ2v) is 6.89. The van der Waals surface area contributed by atoms with E-state index in [-0.39, 0.29) is 11.9 Å². The molecule has 136 valence electrons. The van der Waals surface area contributed by atoms with Crippen molar-refractivity contribution >= 4 is 17.6 Å². The smallest absolute Gasteiger partial charge is 0.252 e. The van der Waals surface area contributed by atoms with Crippen molar-refractivity contribution in [2.75, 3.05) is 0 Å². The Labute approximate surface area is 161 Å². The predicted molar refractivity (Wildman–Crippen MR) is 113 cm³/mol. The molecule has 0 aliphatic heterocycles. The van der Waals surface area contributed by atoms with E-state index in [1.165, 1.54) is 11.1 Å². The van der Waals surface area contributed by atoms with Crippen LogP contribution in [0.1, 0.15) is 40.8 Å². The summed E-state index contributed by atoms with van der Waals surface area (Å²) in [5.74, 6) is -0.0717. The van der Waals surface area contributed by atoms with Gasteiger partial charge in [-0.25, -0.2) is 0 Å². The Kier molecular flexibility index (Phi) is 5.87. The number of hydrogen-bond donors (Lipinski definition) is 1. The van der Waals surface area contributed by atoms with Crippen molar-refractivity contribution in [1.82, 2.24) is 5.32 Å². The fourth-order valence-electron chi connectivity index (χ4n) is 3.28. The van der Waals surface area contributed by atoms with Crippen LogP contribution in [0.2, 0.25) is 0 Å². The molecule has 2 heteroatoms. The van der Waals surface area contributed by atoms with Gasteiger partial charge in [0, 0.05) is 5.57 Å². The van der Waals surface area contributed by atoms with Gasteiger partial charge >= 0.3 is 0 Å². The van der Waals surface area contributed by atoms with Gasteiger partial charge in [0.1, 0.15) is 0 Å². The summed E-state index contributed by atoms with van der Waals surface area (Å²) in [7, 11) is 0. The summed E-state index contributed by atoms with van der Waals surface area (Å²) in [5, 5.41) is 3.17. The van der Waals surface area contributed by atoms with E-state index in [4.69, 9.17) is 0 Å². The number of benzene rings is 3. The number of aryl methyl sites for hydroxylation is 2. The fraction of sp³-hybridized carbons (Fsp3) is 0.160. The number of hydrogen-bond acceptors (Lipinski definition) is 1. The predicted octanol–water partition coefficient (Wildman–Crippen LogP) is 5.72. The van der Waals surface area contributed by atoms with Gasteiger partial charge < -0.3 is 5.32 Å². The van der Waals surface area contributed by atoms with Crippen molar-refractivity contribution in [3.8, 4) is 0 Å². The largest absolute Gasteiger partial charge is 0.345 e. The van der Waals surface area contributed by atoms with Gasteiger partial charge in [-0.2, -0.15) is 0 Å². The highest BCUT2D eigenvalue weighted by Gasteiger charge is 2.16. The first-order valence-electron chi connectivity index (χ1n) is 9.25. The van der Waals surface area contributed by atoms with Crippen LogP contribution < -0.4 is 5.32 Å². The summed E-state index contributed by atoms with van der Waals surface area (Å²) < 4.78 is 0. The van der Waals surface area contributed by atoms with E-state index in [0.29, 0.717) is 5.57 Å². The van der Waals surface area contributed by atoms with E-state index in [2.05, 4.69) is 37.4 Å². The molecule has 0 aliphatic carbocycles. The highest BCUT2D eigenvalue weighted by Crippen LogP contribution is 2.22. The number of rotatable bonds is 5. The molecule has 0 spiro atoms. The van der Waals surface area contributed by atoms with Gasteiger partial charge in [-0.3, -0.25) is 4.79 Å². The molecule has 0 saturated heterocycles. The first-order valence-corrected chi connectivity index (χ1v) is 9.25. The minimum absolute atomic E-state index is 0.0685. The Morgan fingerprint density at radius 1 is 0.889 bits per heavy atom. The first kappa shape index (κ1) is 18.7. The van der Waals surface area contributed by atoms with Gasteiger partial charge in [-0.05, 0) is 49.1 Å². The number of carbonyl (C=O) groups excluding carboxylic acids is 1. The highest BCUT2D eigenvalue weighted by molar-refractivity contribution is 6.24. The van der Waals surface area contributed by atoms with Crippen molar-refractivity contribution < 1.29 is 4.79 Å². The van der Waals surface area contributed by atoms with Crippen LogP contribution in [-0.4, -0.2) is 5.91 Å². The maximum atomic E-state index is 13.1. The molecule has 0 unspecified atom stereocenters. The average molecular weight is 355 g/mol. The van der Waals surface area contributed by atoms with Crippen LogP contribution in [-0.2, 0) is 4.79 Å². The fourth-order valence-corrected chi connectivity index (χ4v) is 3.28. The second kappa shape index (κ2) is 8.50. The van der Waals surface area contributed by atoms with E-state index >= 15 is 0 Å². The molecule has 0 heterocycles. The van der Waals surface area contributed by atoms with Crippen molar-refractivity contribution in [3.05, 3.63) is 107 Å². The molecule has 27 heavy (non-hydrogen) atoms. The monoisotopic (exact) mass is 355 g/mol. The number of nitrogens with one attached hydrogen (secondary N) is 1. The molecular formula is C25H25NO. The molecule has 0 aliphatic rings. The Morgan fingerprint density at radius 2 is 1.52 bits per heavy atom. The molecule has 0 radical (unpaired) electrons. The van der Waals surface area contributed by atoms with Crippen LogP contribution in [0.15, 0.2) is 78.9 Å². The molecule has 1 N–H and O–H groups in total. The molecule has 0 bridgehead atoms. The van der Waals surface area contributed by atoms with E-state index in [1.54, 1.807) is 0 Å². The lowest BCUT2D eigenvalue weighted by molar-refractivity contribution is -0.116. The number of amides is 1. The lowest BCUT2D eigenvalue weighted by atomic mass is 9.98. The van der Waals surface area contributed by atoms with E-state index in [9.17, 15) is 4.79 Å². The third-order valence-corrected chi connectivity index (χ3v) is 4.68. The van der Waals surface area contributed by atoms with Crippen LogP contribution in [0.5, 0.6) is 0 Å². The molecule has 3 aromatic carbocycles. The van der Waals surface area contributed by atoms with Crippen molar-refractivity contribution in [2.45, 2.75) is 26.8 Å². The Morgan fingerprint density at radius 3 is 2.15 bits per heavy atom. The summed E-state index contributed by atoms with van der Waals surface area (Å²) in [5.41, 5.74) is 6.14. The lowest BCUT2D eigenvalue weighted by Crippen LogP contribution is -2.28.